The van der Waals surface area contributed by atoms with E-state index in [1.54, 1.807) is 18.2 Å². The van der Waals surface area contributed by atoms with Gasteiger partial charge in [-0.2, -0.15) is 0 Å². The molecule has 0 bridgehead atoms. The molecule has 1 N–H and O–H groups in total. The number of carbonyl (C=O) groups is 2. The second-order valence-electron chi connectivity index (χ2n) is 8.80. The molecule has 1 fully saturated rings. The van der Waals surface area contributed by atoms with Crippen LogP contribution in [0.5, 0.6) is 0 Å². The number of hydrogen-bond donors (Lipinski definition) is 1. The summed E-state index contributed by atoms with van der Waals surface area (Å²) in [5, 5.41) is 23.9. The lowest BCUT2D eigenvalue weighted by Crippen LogP contribution is -2.29. The van der Waals surface area contributed by atoms with Crippen molar-refractivity contribution in [3.05, 3.63) is 124 Å². The third kappa shape index (κ3) is 3.60. The molecule has 38 heavy (non-hydrogen) atoms. The SMILES string of the molecule is O=C1C(=O)N(c2ccc3oc4ccccc4c3c2)C(c2ccc([N+](=O)[O-])cc2)/C1=C(/O)c1ccc(F)cc1. The molecule has 0 aliphatic carbocycles. The first-order chi connectivity index (χ1) is 18.3. The average Bonchev–Trinajstić information content (AvgIpc) is 3.43. The van der Waals surface area contributed by atoms with E-state index in [4.69, 9.17) is 4.42 Å². The lowest BCUT2D eigenvalue weighted by atomic mass is 9.95. The number of nitro groups is 1. The van der Waals surface area contributed by atoms with E-state index >= 15 is 0 Å². The summed E-state index contributed by atoms with van der Waals surface area (Å²) >= 11 is 0. The normalized spacial score (nSPS) is 17.0. The molecule has 186 valence electrons. The van der Waals surface area contributed by atoms with Gasteiger partial charge in [0.2, 0.25) is 0 Å². The number of furan rings is 1. The van der Waals surface area contributed by atoms with Crippen LogP contribution in [-0.2, 0) is 9.59 Å². The summed E-state index contributed by atoms with van der Waals surface area (Å²) in [6.45, 7) is 0. The number of non-ortho nitro benzene ring substituents is 1. The van der Waals surface area contributed by atoms with Crippen LogP contribution in [0.3, 0.4) is 0 Å². The van der Waals surface area contributed by atoms with Crippen LogP contribution < -0.4 is 4.90 Å². The molecular formula is C29H17FN2O6. The van der Waals surface area contributed by atoms with E-state index in [0.29, 0.717) is 22.4 Å². The molecule has 0 radical (unpaired) electrons. The Balaban J connectivity index is 1.57. The molecule has 1 unspecified atom stereocenters. The Morgan fingerprint density at radius 2 is 1.58 bits per heavy atom. The predicted octanol–water partition coefficient (Wildman–Crippen LogP) is 6.26. The number of Topliss-reactive ketones (excluding diaryl/α,β-unsaturated/α-hetero) is 1. The molecule has 1 aliphatic rings. The summed E-state index contributed by atoms with van der Waals surface area (Å²) in [6.07, 6.45) is 0. The van der Waals surface area contributed by atoms with Crippen LogP contribution in [0.4, 0.5) is 15.8 Å². The molecule has 6 rings (SSSR count). The van der Waals surface area contributed by atoms with Gasteiger partial charge in [0.15, 0.2) is 0 Å². The van der Waals surface area contributed by atoms with Gasteiger partial charge in [-0.3, -0.25) is 24.6 Å². The molecule has 8 nitrogen and oxygen atoms in total. The smallest absolute Gasteiger partial charge is 0.300 e. The fourth-order valence-electron chi connectivity index (χ4n) is 4.82. The molecule has 1 aromatic heterocycles. The lowest BCUT2D eigenvalue weighted by molar-refractivity contribution is -0.384. The Kier molecular flexibility index (Phi) is 5.27. The Hall–Kier alpha value is -5.31. The van der Waals surface area contributed by atoms with Gasteiger partial charge in [-0.15, -0.1) is 0 Å². The van der Waals surface area contributed by atoms with Gasteiger partial charge in [0.25, 0.3) is 17.4 Å². The number of fused-ring (bicyclic) bond motifs is 3. The lowest BCUT2D eigenvalue weighted by Gasteiger charge is -2.25. The van der Waals surface area contributed by atoms with Crippen LogP contribution in [0.1, 0.15) is 17.2 Å². The van der Waals surface area contributed by atoms with E-state index in [0.717, 1.165) is 22.9 Å². The van der Waals surface area contributed by atoms with E-state index in [-0.39, 0.29) is 16.8 Å². The molecule has 0 spiro atoms. The van der Waals surface area contributed by atoms with Crippen molar-refractivity contribution in [2.75, 3.05) is 4.90 Å². The molecule has 9 heteroatoms. The van der Waals surface area contributed by atoms with Crippen LogP contribution in [0.25, 0.3) is 27.7 Å². The summed E-state index contributed by atoms with van der Waals surface area (Å²) in [6, 6.07) is 21.6. The molecule has 1 atom stereocenters. The highest BCUT2D eigenvalue weighted by Crippen LogP contribution is 2.44. The van der Waals surface area contributed by atoms with Crippen molar-refractivity contribution in [3.63, 3.8) is 0 Å². The monoisotopic (exact) mass is 508 g/mol. The number of para-hydroxylation sites is 1. The zero-order valence-electron chi connectivity index (χ0n) is 19.5. The Morgan fingerprint density at radius 3 is 2.29 bits per heavy atom. The second kappa shape index (κ2) is 8.67. The van der Waals surface area contributed by atoms with Gasteiger partial charge in [0.05, 0.1) is 16.5 Å². The topological polar surface area (TPSA) is 114 Å². The maximum absolute atomic E-state index is 13.5. The van der Waals surface area contributed by atoms with Crippen LogP contribution in [0, 0.1) is 15.9 Å². The van der Waals surface area contributed by atoms with E-state index in [9.17, 15) is 29.2 Å². The summed E-state index contributed by atoms with van der Waals surface area (Å²) < 4.78 is 19.4. The minimum absolute atomic E-state index is 0.146. The summed E-state index contributed by atoms with van der Waals surface area (Å²) in [4.78, 5) is 38.7. The third-order valence-corrected chi connectivity index (χ3v) is 6.62. The first-order valence-electron chi connectivity index (χ1n) is 11.6. The van der Waals surface area contributed by atoms with Crippen LogP contribution in [-0.4, -0.2) is 21.7 Å². The summed E-state index contributed by atoms with van der Waals surface area (Å²) in [5.41, 5.74) is 1.74. The van der Waals surface area contributed by atoms with Crippen molar-refractivity contribution in [2.24, 2.45) is 0 Å². The zero-order chi connectivity index (χ0) is 26.6. The first-order valence-corrected chi connectivity index (χ1v) is 11.6. The number of amides is 1. The van der Waals surface area contributed by atoms with Gasteiger partial charge in [0.1, 0.15) is 22.7 Å². The van der Waals surface area contributed by atoms with Gasteiger partial charge in [-0.1, -0.05) is 18.2 Å². The zero-order valence-corrected chi connectivity index (χ0v) is 19.5. The number of nitro benzene ring substituents is 1. The van der Waals surface area contributed by atoms with E-state index in [1.807, 2.05) is 24.3 Å². The first kappa shape index (κ1) is 23.1. The number of halogens is 1. The van der Waals surface area contributed by atoms with Crippen LogP contribution in [0.15, 0.2) is 101 Å². The highest BCUT2D eigenvalue weighted by atomic mass is 19.1. The number of anilines is 1. The molecule has 1 saturated heterocycles. The van der Waals surface area contributed by atoms with Crippen LogP contribution in [0.2, 0.25) is 0 Å². The summed E-state index contributed by atoms with van der Waals surface area (Å²) in [5.74, 6) is -2.84. The maximum Gasteiger partial charge on any atom is 0.300 e. The minimum atomic E-state index is -1.10. The quantitative estimate of drug-likeness (QED) is 0.101. The van der Waals surface area contributed by atoms with Gasteiger partial charge in [-0.25, -0.2) is 4.39 Å². The Bertz CT molecular complexity index is 1810. The van der Waals surface area contributed by atoms with E-state index in [2.05, 4.69) is 0 Å². The van der Waals surface area contributed by atoms with Gasteiger partial charge >= 0.3 is 0 Å². The number of ketones is 1. The van der Waals surface area contributed by atoms with Crippen molar-refractivity contribution in [1.29, 1.82) is 0 Å². The summed E-state index contributed by atoms with van der Waals surface area (Å²) in [7, 11) is 0. The van der Waals surface area contributed by atoms with Gasteiger partial charge in [-0.05, 0) is 66.2 Å². The number of carbonyl (C=O) groups excluding carboxylic acids is 2. The molecular weight excluding hydrogens is 491 g/mol. The molecule has 0 saturated carbocycles. The largest absolute Gasteiger partial charge is 0.507 e. The predicted molar refractivity (Wildman–Crippen MR) is 138 cm³/mol. The molecule has 2 heterocycles. The number of aliphatic hydroxyl groups is 1. The van der Waals surface area contributed by atoms with Crippen LogP contribution >= 0.6 is 0 Å². The third-order valence-electron chi connectivity index (χ3n) is 6.62. The highest BCUT2D eigenvalue weighted by molar-refractivity contribution is 6.51. The molecule has 5 aromatic rings. The number of benzene rings is 4. The van der Waals surface area contributed by atoms with E-state index < -0.39 is 34.2 Å². The van der Waals surface area contributed by atoms with Crippen molar-refractivity contribution in [3.8, 4) is 0 Å². The second-order valence-corrected chi connectivity index (χ2v) is 8.80. The van der Waals surface area contributed by atoms with Gasteiger partial charge < -0.3 is 9.52 Å². The fraction of sp³-hybridized carbons (Fsp3) is 0.0345. The average molecular weight is 508 g/mol. The Morgan fingerprint density at radius 1 is 0.895 bits per heavy atom. The number of aliphatic hydroxyl groups excluding tert-OH is 1. The van der Waals surface area contributed by atoms with Crippen molar-refractivity contribution in [1.82, 2.24) is 0 Å². The Labute approximate surface area is 214 Å². The van der Waals surface area contributed by atoms with E-state index in [1.165, 1.54) is 41.3 Å². The molecule has 1 amide bonds. The highest BCUT2D eigenvalue weighted by Gasteiger charge is 2.47. The number of hydrogen-bond acceptors (Lipinski definition) is 6. The number of rotatable bonds is 4. The van der Waals surface area contributed by atoms with Crippen molar-refractivity contribution < 1.29 is 28.4 Å². The molecule has 1 aliphatic heterocycles. The molecule has 4 aromatic carbocycles. The fourth-order valence-corrected chi connectivity index (χ4v) is 4.82. The van der Waals surface area contributed by atoms with Gasteiger partial charge in [0, 0.05) is 34.2 Å². The minimum Gasteiger partial charge on any atom is -0.507 e. The van der Waals surface area contributed by atoms with Crippen molar-refractivity contribution >= 4 is 50.8 Å². The maximum atomic E-state index is 13.5. The number of nitrogens with zero attached hydrogens (tertiary/aromatic N) is 2. The standard InChI is InChI=1S/C29H17FN2O6/c30-18-9-5-17(6-10-18)27(33)25-26(16-7-11-19(12-8-16)32(36)37)31(29(35)28(25)34)20-13-14-24-22(15-20)21-3-1-2-4-23(21)38-24/h1-15,26,33H/b27-25-. The van der Waals surface area contributed by atoms with Crippen molar-refractivity contribution in [2.45, 2.75) is 6.04 Å².